The lowest BCUT2D eigenvalue weighted by Gasteiger charge is -2.37. The van der Waals surface area contributed by atoms with Crippen molar-refractivity contribution >= 4 is 27.8 Å². The maximum absolute atomic E-state index is 5.93. The van der Waals surface area contributed by atoms with Gasteiger partial charge >= 0.3 is 0 Å². The first kappa shape index (κ1) is 28.6. The number of hydrogen-bond donors (Lipinski definition) is 1. The Kier molecular flexibility index (Phi) is 7.98. The number of nitrogens with zero attached hydrogens (tertiary/aromatic N) is 3. The number of aromatic nitrogens is 3. The summed E-state index contributed by atoms with van der Waals surface area (Å²) in [6.07, 6.45) is 0. The SMILES string of the molecule is CCOCc1nc2c(NC(c3ccccc3)(c3ccccc3)c3ccccc3)nc3ccccc3c2n1CC(C)(C)OC. The fourth-order valence-electron chi connectivity index (χ4n) is 5.85. The van der Waals surface area contributed by atoms with Crippen LogP contribution in [0.1, 0.15) is 43.3 Å². The smallest absolute Gasteiger partial charge is 0.156 e. The van der Waals surface area contributed by atoms with E-state index in [1.807, 2.05) is 13.0 Å². The van der Waals surface area contributed by atoms with E-state index in [0.717, 1.165) is 44.5 Å². The van der Waals surface area contributed by atoms with Crippen LogP contribution in [0.5, 0.6) is 0 Å². The van der Waals surface area contributed by atoms with Crippen LogP contribution in [0.15, 0.2) is 115 Å². The number of rotatable bonds is 11. The Morgan fingerprint density at radius 1 is 0.721 bits per heavy atom. The number of anilines is 1. The van der Waals surface area contributed by atoms with Crippen LogP contribution < -0.4 is 5.32 Å². The summed E-state index contributed by atoms with van der Waals surface area (Å²) >= 11 is 0. The number of methoxy groups -OCH3 is 1. The van der Waals surface area contributed by atoms with Crippen LogP contribution in [0, 0.1) is 0 Å². The van der Waals surface area contributed by atoms with Crippen LogP contribution in [-0.2, 0) is 28.2 Å². The van der Waals surface area contributed by atoms with Crippen molar-refractivity contribution in [1.29, 1.82) is 0 Å². The van der Waals surface area contributed by atoms with E-state index in [-0.39, 0.29) is 0 Å². The molecule has 6 nitrogen and oxygen atoms in total. The Morgan fingerprint density at radius 2 is 1.26 bits per heavy atom. The Balaban J connectivity index is 1.68. The molecule has 0 unspecified atom stereocenters. The third-order valence-electron chi connectivity index (χ3n) is 8.12. The van der Waals surface area contributed by atoms with Gasteiger partial charge in [-0.1, -0.05) is 109 Å². The van der Waals surface area contributed by atoms with Crippen molar-refractivity contribution in [2.45, 2.75) is 45.1 Å². The number of para-hydroxylation sites is 1. The van der Waals surface area contributed by atoms with Gasteiger partial charge in [-0.05, 0) is 43.5 Å². The van der Waals surface area contributed by atoms with Gasteiger partial charge in [-0.3, -0.25) is 0 Å². The second-order valence-electron chi connectivity index (χ2n) is 11.4. The lowest BCUT2D eigenvalue weighted by molar-refractivity contribution is 0.00706. The number of imidazole rings is 1. The maximum Gasteiger partial charge on any atom is 0.156 e. The summed E-state index contributed by atoms with van der Waals surface area (Å²) in [4.78, 5) is 10.5. The lowest BCUT2D eigenvalue weighted by Crippen LogP contribution is -2.38. The van der Waals surface area contributed by atoms with Crippen LogP contribution >= 0.6 is 0 Å². The van der Waals surface area contributed by atoms with Crippen molar-refractivity contribution in [2.24, 2.45) is 0 Å². The van der Waals surface area contributed by atoms with Crippen LogP contribution in [0.4, 0.5) is 5.82 Å². The van der Waals surface area contributed by atoms with Gasteiger partial charge in [0.15, 0.2) is 5.82 Å². The van der Waals surface area contributed by atoms with E-state index in [9.17, 15) is 0 Å². The van der Waals surface area contributed by atoms with Crippen LogP contribution in [0.2, 0.25) is 0 Å². The van der Waals surface area contributed by atoms with Crippen LogP contribution in [0.3, 0.4) is 0 Å². The van der Waals surface area contributed by atoms with E-state index >= 15 is 0 Å². The molecule has 2 aromatic heterocycles. The summed E-state index contributed by atoms with van der Waals surface area (Å²) in [5.74, 6) is 1.55. The summed E-state index contributed by atoms with van der Waals surface area (Å²) in [5, 5.41) is 5.03. The third kappa shape index (κ3) is 5.40. The zero-order chi connectivity index (χ0) is 29.9. The minimum Gasteiger partial charge on any atom is -0.377 e. The number of hydrogen-bond acceptors (Lipinski definition) is 5. The molecule has 0 saturated heterocycles. The molecule has 4 aromatic carbocycles. The van der Waals surface area contributed by atoms with E-state index in [4.69, 9.17) is 19.4 Å². The molecule has 0 aliphatic rings. The van der Waals surface area contributed by atoms with Gasteiger partial charge in [0.1, 0.15) is 23.5 Å². The molecular weight excluding hydrogens is 532 g/mol. The number of benzene rings is 4. The zero-order valence-corrected chi connectivity index (χ0v) is 25.2. The van der Waals surface area contributed by atoms with Crippen molar-refractivity contribution < 1.29 is 9.47 Å². The van der Waals surface area contributed by atoms with Crippen molar-refractivity contribution in [3.05, 3.63) is 138 Å². The van der Waals surface area contributed by atoms with Gasteiger partial charge < -0.3 is 19.4 Å². The molecule has 0 aliphatic carbocycles. The molecule has 0 spiro atoms. The first-order valence-corrected chi connectivity index (χ1v) is 14.8. The molecular formula is C37H38N4O2. The first-order chi connectivity index (χ1) is 21.0. The highest BCUT2D eigenvalue weighted by molar-refractivity contribution is 6.07. The highest BCUT2D eigenvalue weighted by Gasteiger charge is 2.38. The molecule has 0 aliphatic heterocycles. The highest BCUT2D eigenvalue weighted by atomic mass is 16.5. The minimum atomic E-state index is -0.748. The molecule has 0 radical (unpaired) electrons. The van der Waals surface area contributed by atoms with Gasteiger partial charge in [-0.2, -0.15) is 0 Å². The van der Waals surface area contributed by atoms with E-state index < -0.39 is 11.1 Å². The largest absolute Gasteiger partial charge is 0.377 e. The van der Waals surface area contributed by atoms with E-state index in [1.165, 1.54) is 0 Å². The number of ether oxygens (including phenoxy) is 2. The van der Waals surface area contributed by atoms with E-state index in [0.29, 0.717) is 25.6 Å². The quantitative estimate of drug-likeness (QED) is 0.160. The van der Waals surface area contributed by atoms with E-state index in [1.54, 1.807) is 7.11 Å². The monoisotopic (exact) mass is 570 g/mol. The second-order valence-corrected chi connectivity index (χ2v) is 11.4. The lowest BCUT2D eigenvalue weighted by atomic mass is 9.77. The molecule has 6 aromatic rings. The summed E-state index contributed by atoms with van der Waals surface area (Å²) < 4.78 is 14.1. The Labute approximate surface area is 253 Å². The Morgan fingerprint density at radius 3 is 1.79 bits per heavy atom. The van der Waals surface area contributed by atoms with Crippen molar-refractivity contribution in [3.8, 4) is 0 Å². The Hall–Kier alpha value is -4.52. The summed E-state index contributed by atoms with van der Waals surface area (Å²) in [7, 11) is 1.75. The number of nitrogens with one attached hydrogen (secondary N) is 1. The molecule has 0 fully saturated rings. The molecule has 6 heteroatoms. The normalized spacial score (nSPS) is 12.2. The molecule has 218 valence electrons. The Bertz CT molecular complexity index is 1720. The predicted octanol–water partition coefficient (Wildman–Crippen LogP) is 7.95. The summed E-state index contributed by atoms with van der Waals surface area (Å²) in [5.41, 5.74) is 4.83. The fraction of sp³-hybridized carbons (Fsp3) is 0.243. The average molecular weight is 571 g/mol. The van der Waals surface area contributed by atoms with Crippen LogP contribution in [-0.4, -0.2) is 33.9 Å². The molecule has 6 rings (SSSR count). The minimum absolute atomic E-state index is 0.389. The molecule has 0 atom stereocenters. The van der Waals surface area contributed by atoms with Crippen LogP contribution in [0.25, 0.3) is 21.9 Å². The third-order valence-corrected chi connectivity index (χ3v) is 8.12. The maximum atomic E-state index is 5.93. The van der Waals surface area contributed by atoms with Crippen molar-refractivity contribution in [1.82, 2.24) is 14.5 Å². The van der Waals surface area contributed by atoms with Gasteiger partial charge in [0.25, 0.3) is 0 Å². The first-order valence-electron chi connectivity index (χ1n) is 14.8. The molecule has 0 amide bonds. The van der Waals surface area contributed by atoms with Gasteiger partial charge in [-0.15, -0.1) is 0 Å². The van der Waals surface area contributed by atoms with Crippen molar-refractivity contribution in [3.63, 3.8) is 0 Å². The molecule has 0 saturated carbocycles. The van der Waals surface area contributed by atoms with Gasteiger partial charge in [0, 0.05) is 19.1 Å². The molecule has 2 heterocycles. The average Bonchev–Trinajstić information content (AvgIpc) is 3.41. The molecule has 0 bridgehead atoms. The topological polar surface area (TPSA) is 61.2 Å². The standard InChI is InChI=1S/C37H38N4O2/c1-5-43-25-32-39-33-34(41(32)26-36(2,3)42-4)30-23-15-16-24-31(30)38-35(33)40-37(27-17-9-6-10-18-27,28-19-11-7-12-20-28)29-21-13-8-14-22-29/h6-24H,5,25-26H2,1-4H3,(H,38,40). The number of fused-ring (bicyclic) bond motifs is 3. The molecule has 43 heavy (non-hydrogen) atoms. The summed E-state index contributed by atoms with van der Waals surface area (Å²) in [6.45, 7) is 7.79. The molecule has 1 N–H and O–H groups in total. The summed E-state index contributed by atoms with van der Waals surface area (Å²) in [6, 6.07) is 40.0. The second kappa shape index (κ2) is 12.0. The zero-order valence-electron chi connectivity index (χ0n) is 25.2. The number of pyridine rings is 1. The van der Waals surface area contributed by atoms with Gasteiger partial charge in [-0.25, -0.2) is 9.97 Å². The fourth-order valence-corrected chi connectivity index (χ4v) is 5.85. The predicted molar refractivity (Wildman–Crippen MR) is 174 cm³/mol. The van der Waals surface area contributed by atoms with Gasteiger partial charge in [0.05, 0.1) is 23.2 Å². The van der Waals surface area contributed by atoms with Crippen molar-refractivity contribution in [2.75, 3.05) is 19.0 Å². The van der Waals surface area contributed by atoms with E-state index in [2.05, 4.69) is 133 Å². The highest BCUT2D eigenvalue weighted by Crippen LogP contribution is 2.42. The van der Waals surface area contributed by atoms with Gasteiger partial charge in [0.2, 0.25) is 0 Å².